The third-order valence-corrected chi connectivity index (χ3v) is 3.73. The molecule has 4 heteroatoms. The van der Waals surface area contributed by atoms with E-state index in [4.69, 9.17) is 0 Å². The highest BCUT2D eigenvalue weighted by Crippen LogP contribution is 2.20. The Hall–Kier alpha value is -2.10. The summed E-state index contributed by atoms with van der Waals surface area (Å²) in [6.45, 7) is 2.13. The minimum Gasteiger partial charge on any atom is -0.427 e. The van der Waals surface area contributed by atoms with Crippen molar-refractivity contribution >= 4 is 5.78 Å². The summed E-state index contributed by atoms with van der Waals surface area (Å²) in [5.74, 6) is 0.379. The summed E-state index contributed by atoms with van der Waals surface area (Å²) in [6.07, 6.45) is 7.30. The molecular formula is C17H22N2O2. The van der Waals surface area contributed by atoms with Crippen molar-refractivity contribution in [2.75, 3.05) is 0 Å². The van der Waals surface area contributed by atoms with Crippen molar-refractivity contribution in [1.29, 1.82) is 0 Å². The van der Waals surface area contributed by atoms with E-state index in [0.29, 0.717) is 12.3 Å². The van der Waals surface area contributed by atoms with Gasteiger partial charge < -0.3 is 5.21 Å². The van der Waals surface area contributed by atoms with Crippen LogP contribution in [0.25, 0.3) is 0 Å². The zero-order valence-corrected chi connectivity index (χ0v) is 12.4. The van der Waals surface area contributed by atoms with Crippen molar-refractivity contribution in [2.45, 2.75) is 39.0 Å². The first-order chi connectivity index (χ1) is 10.2. The average molecular weight is 286 g/mol. The number of benzene rings is 1. The van der Waals surface area contributed by atoms with Gasteiger partial charge in [0.1, 0.15) is 0 Å². The topological polar surface area (TPSA) is 55.1 Å². The van der Waals surface area contributed by atoms with Gasteiger partial charge in [-0.15, -0.1) is 0 Å². The average Bonchev–Trinajstić information content (AvgIpc) is 2.92. The van der Waals surface area contributed by atoms with E-state index < -0.39 is 0 Å². The molecule has 4 nitrogen and oxygen atoms in total. The van der Waals surface area contributed by atoms with Gasteiger partial charge in [-0.1, -0.05) is 50.1 Å². The van der Waals surface area contributed by atoms with Crippen LogP contribution in [-0.4, -0.2) is 20.7 Å². The molecule has 0 radical (unpaired) electrons. The molecule has 0 fully saturated rings. The zero-order chi connectivity index (χ0) is 15.1. The molecule has 0 amide bonds. The van der Waals surface area contributed by atoms with Crippen molar-refractivity contribution in [2.24, 2.45) is 5.92 Å². The third kappa shape index (κ3) is 4.45. The van der Waals surface area contributed by atoms with E-state index in [1.807, 2.05) is 18.2 Å². The van der Waals surface area contributed by atoms with Crippen molar-refractivity contribution in [3.8, 4) is 0 Å². The Morgan fingerprint density at radius 1 is 1.29 bits per heavy atom. The van der Waals surface area contributed by atoms with E-state index in [0.717, 1.165) is 30.4 Å². The van der Waals surface area contributed by atoms with Gasteiger partial charge in [-0.3, -0.25) is 4.79 Å². The Morgan fingerprint density at radius 2 is 2.05 bits per heavy atom. The number of rotatable bonds is 8. The van der Waals surface area contributed by atoms with Crippen LogP contribution in [0.2, 0.25) is 0 Å². The molecule has 0 saturated carbocycles. The Morgan fingerprint density at radius 3 is 2.67 bits per heavy atom. The van der Waals surface area contributed by atoms with E-state index in [1.54, 1.807) is 0 Å². The second-order valence-electron chi connectivity index (χ2n) is 5.40. The largest absolute Gasteiger partial charge is 0.427 e. The number of Topliss-reactive ketones (excluding diaryl/α,β-unsaturated/α-hetero) is 1. The fourth-order valence-electron chi connectivity index (χ4n) is 2.62. The maximum atomic E-state index is 12.2. The summed E-state index contributed by atoms with van der Waals surface area (Å²) in [5, 5.41) is 9.50. The lowest BCUT2D eigenvalue weighted by molar-refractivity contribution is 0.0897. The number of hydrogen-bond acceptors (Lipinski definition) is 3. The summed E-state index contributed by atoms with van der Waals surface area (Å²) in [6, 6.07) is 10.3. The molecule has 0 aliphatic heterocycles. The predicted molar refractivity (Wildman–Crippen MR) is 81.5 cm³/mol. The second-order valence-corrected chi connectivity index (χ2v) is 5.40. The van der Waals surface area contributed by atoms with E-state index >= 15 is 0 Å². The van der Waals surface area contributed by atoms with E-state index in [2.05, 4.69) is 24.0 Å². The van der Waals surface area contributed by atoms with Crippen molar-refractivity contribution < 1.29 is 10.0 Å². The minimum absolute atomic E-state index is 0.0889. The van der Waals surface area contributed by atoms with Gasteiger partial charge in [0.2, 0.25) is 11.6 Å². The molecule has 0 aliphatic carbocycles. The molecule has 1 N–H and O–H groups in total. The molecule has 1 atom stereocenters. The number of aromatic nitrogens is 2. The van der Waals surface area contributed by atoms with Crippen LogP contribution in [0.3, 0.4) is 0 Å². The first-order valence-corrected chi connectivity index (χ1v) is 7.50. The Bertz CT molecular complexity index is 563. The van der Waals surface area contributed by atoms with Gasteiger partial charge in [0.25, 0.3) is 0 Å². The van der Waals surface area contributed by atoms with Crippen molar-refractivity contribution in [1.82, 2.24) is 9.71 Å². The molecule has 0 unspecified atom stereocenters. The molecule has 1 aromatic heterocycles. The molecule has 112 valence electrons. The molecule has 1 heterocycles. The van der Waals surface area contributed by atoms with Crippen LogP contribution in [-0.2, 0) is 6.42 Å². The summed E-state index contributed by atoms with van der Waals surface area (Å²) < 4.78 is 0.808. The number of carbonyl (C=O) groups excluding carboxylic acids is 1. The standard InChI is InChI=1S/C17H22N2O2/c1-2-6-15(10-9-14-7-4-3-5-8-14)13-16(20)17-18-11-12-19(17)21/h3-5,7-8,11-12,15,21H,2,6,9-10,13H2,1H3/t15-/m1/s1. The monoisotopic (exact) mass is 286 g/mol. The van der Waals surface area contributed by atoms with E-state index in [1.165, 1.54) is 18.0 Å². The maximum Gasteiger partial charge on any atom is 0.211 e. The summed E-state index contributed by atoms with van der Waals surface area (Å²) in [4.78, 5) is 16.1. The van der Waals surface area contributed by atoms with Gasteiger partial charge in [-0.2, -0.15) is 4.73 Å². The summed E-state index contributed by atoms with van der Waals surface area (Å²) >= 11 is 0. The molecule has 21 heavy (non-hydrogen) atoms. The maximum absolute atomic E-state index is 12.2. The van der Waals surface area contributed by atoms with Gasteiger partial charge in [-0.05, 0) is 24.3 Å². The molecule has 2 rings (SSSR count). The van der Waals surface area contributed by atoms with Crippen molar-refractivity contribution in [3.05, 3.63) is 54.1 Å². The van der Waals surface area contributed by atoms with Crippen LogP contribution in [0.1, 0.15) is 48.8 Å². The molecular weight excluding hydrogens is 264 g/mol. The first kappa shape index (κ1) is 15.3. The highest BCUT2D eigenvalue weighted by Gasteiger charge is 2.18. The third-order valence-electron chi connectivity index (χ3n) is 3.73. The fraction of sp³-hybridized carbons (Fsp3) is 0.412. The van der Waals surface area contributed by atoms with Gasteiger partial charge in [0, 0.05) is 12.6 Å². The second kappa shape index (κ2) is 7.62. The molecule has 1 aromatic carbocycles. The molecule has 0 bridgehead atoms. The van der Waals surface area contributed by atoms with Crippen LogP contribution in [0.5, 0.6) is 0 Å². The highest BCUT2D eigenvalue weighted by molar-refractivity contribution is 5.92. The number of ketones is 1. The van der Waals surface area contributed by atoms with Gasteiger partial charge in [-0.25, -0.2) is 4.98 Å². The van der Waals surface area contributed by atoms with Crippen LogP contribution in [0.4, 0.5) is 0 Å². The molecule has 2 aromatic rings. The van der Waals surface area contributed by atoms with Gasteiger partial charge in [0.15, 0.2) is 0 Å². The molecule has 0 spiro atoms. The van der Waals surface area contributed by atoms with Gasteiger partial charge in [0.05, 0.1) is 6.20 Å². The Kier molecular flexibility index (Phi) is 5.55. The minimum atomic E-state index is -0.0889. The summed E-state index contributed by atoms with van der Waals surface area (Å²) in [5.41, 5.74) is 1.30. The highest BCUT2D eigenvalue weighted by atomic mass is 16.5. The normalized spacial score (nSPS) is 12.2. The number of imidazole rings is 1. The van der Waals surface area contributed by atoms with Gasteiger partial charge >= 0.3 is 0 Å². The SMILES string of the molecule is CCC[C@H](CCc1ccccc1)CC(=O)c1nccn1O. The summed E-state index contributed by atoms with van der Waals surface area (Å²) in [7, 11) is 0. The van der Waals surface area contributed by atoms with Crippen LogP contribution in [0.15, 0.2) is 42.7 Å². The number of hydrogen-bond donors (Lipinski definition) is 1. The fourth-order valence-corrected chi connectivity index (χ4v) is 2.62. The molecule has 0 saturated heterocycles. The smallest absolute Gasteiger partial charge is 0.211 e. The zero-order valence-electron chi connectivity index (χ0n) is 12.4. The van der Waals surface area contributed by atoms with E-state index in [-0.39, 0.29) is 11.6 Å². The quantitative estimate of drug-likeness (QED) is 0.594. The van der Waals surface area contributed by atoms with Crippen LogP contribution >= 0.6 is 0 Å². The number of aryl methyl sites for hydroxylation is 1. The van der Waals surface area contributed by atoms with Crippen molar-refractivity contribution in [3.63, 3.8) is 0 Å². The number of carbonyl (C=O) groups is 1. The van der Waals surface area contributed by atoms with Crippen LogP contribution < -0.4 is 0 Å². The van der Waals surface area contributed by atoms with Crippen LogP contribution in [0, 0.1) is 5.92 Å². The number of nitrogens with zero attached hydrogens (tertiary/aromatic N) is 2. The first-order valence-electron chi connectivity index (χ1n) is 7.50. The Balaban J connectivity index is 1.92. The van der Waals surface area contributed by atoms with E-state index in [9.17, 15) is 10.0 Å². The Labute approximate surface area is 125 Å². The predicted octanol–water partition coefficient (Wildman–Crippen LogP) is 3.74. The lowest BCUT2D eigenvalue weighted by Crippen LogP contribution is -2.14. The lowest BCUT2D eigenvalue weighted by Gasteiger charge is -2.15. The molecule has 0 aliphatic rings. The lowest BCUT2D eigenvalue weighted by atomic mass is 9.90.